The van der Waals surface area contributed by atoms with Gasteiger partial charge in [0.05, 0.1) is 5.69 Å². The lowest BCUT2D eigenvalue weighted by atomic mass is 10.1. The minimum atomic E-state index is -0.578. The predicted molar refractivity (Wildman–Crippen MR) is 75.4 cm³/mol. The summed E-state index contributed by atoms with van der Waals surface area (Å²) in [4.78, 5) is 23.0. The number of phenolic OH excluding ortho intramolecular Hbond substituents is 1. The SMILES string of the molecule is NC(=O)c1cccc(NC(=O)c2ccc(N)c(O)c2)c1. The van der Waals surface area contributed by atoms with Gasteiger partial charge in [0.1, 0.15) is 5.75 Å². The van der Waals surface area contributed by atoms with Crippen LogP contribution >= 0.6 is 0 Å². The lowest BCUT2D eigenvalue weighted by Gasteiger charge is -2.07. The largest absolute Gasteiger partial charge is 0.506 e. The van der Waals surface area contributed by atoms with Crippen LogP contribution in [-0.4, -0.2) is 16.9 Å². The molecule has 0 unspecified atom stereocenters. The second kappa shape index (κ2) is 5.31. The van der Waals surface area contributed by atoms with Gasteiger partial charge in [-0.2, -0.15) is 0 Å². The number of phenols is 1. The maximum atomic E-state index is 12.0. The highest BCUT2D eigenvalue weighted by atomic mass is 16.3. The van der Waals surface area contributed by atoms with Crippen molar-refractivity contribution in [3.05, 3.63) is 53.6 Å². The normalized spacial score (nSPS) is 10.0. The Morgan fingerprint density at radius 2 is 1.80 bits per heavy atom. The average Bonchev–Trinajstić information content (AvgIpc) is 2.42. The molecule has 0 aliphatic rings. The van der Waals surface area contributed by atoms with E-state index in [1.165, 1.54) is 24.3 Å². The average molecular weight is 271 g/mol. The number of benzene rings is 2. The van der Waals surface area contributed by atoms with Crippen LogP contribution in [-0.2, 0) is 0 Å². The molecule has 6 N–H and O–H groups in total. The summed E-state index contributed by atoms with van der Waals surface area (Å²) in [6.45, 7) is 0. The number of hydrogen-bond donors (Lipinski definition) is 4. The fraction of sp³-hybridized carbons (Fsp3) is 0. The third-order valence-corrected chi connectivity index (χ3v) is 2.70. The van der Waals surface area contributed by atoms with E-state index in [0.29, 0.717) is 11.3 Å². The van der Waals surface area contributed by atoms with Crippen molar-refractivity contribution in [2.75, 3.05) is 11.1 Å². The number of carbonyl (C=O) groups excluding carboxylic acids is 2. The Bertz CT molecular complexity index is 683. The van der Waals surface area contributed by atoms with Gasteiger partial charge in [-0.15, -0.1) is 0 Å². The summed E-state index contributed by atoms with van der Waals surface area (Å²) in [5, 5.41) is 12.1. The first-order valence-electron chi connectivity index (χ1n) is 5.77. The van der Waals surface area contributed by atoms with Crippen LogP contribution in [0.15, 0.2) is 42.5 Å². The van der Waals surface area contributed by atoms with E-state index < -0.39 is 11.8 Å². The van der Waals surface area contributed by atoms with Gasteiger partial charge in [-0.05, 0) is 36.4 Å². The number of primary amides is 1. The number of amides is 2. The van der Waals surface area contributed by atoms with E-state index in [4.69, 9.17) is 11.5 Å². The minimum absolute atomic E-state index is 0.163. The Hall–Kier alpha value is -3.02. The zero-order chi connectivity index (χ0) is 14.7. The molecule has 0 spiro atoms. The van der Waals surface area contributed by atoms with Crippen molar-refractivity contribution in [2.24, 2.45) is 5.73 Å². The first kappa shape index (κ1) is 13.4. The number of hydrogen-bond acceptors (Lipinski definition) is 4. The van der Waals surface area contributed by atoms with Crippen LogP contribution in [0.2, 0.25) is 0 Å². The summed E-state index contributed by atoms with van der Waals surface area (Å²) >= 11 is 0. The number of nitrogen functional groups attached to an aromatic ring is 1. The molecule has 0 heterocycles. The molecule has 2 aromatic rings. The molecule has 6 nitrogen and oxygen atoms in total. The van der Waals surface area contributed by atoms with Crippen LogP contribution in [0.3, 0.4) is 0 Å². The Labute approximate surface area is 115 Å². The molecule has 0 atom stereocenters. The Morgan fingerprint density at radius 3 is 2.45 bits per heavy atom. The van der Waals surface area contributed by atoms with Crippen molar-refractivity contribution in [1.82, 2.24) is 0 Å². The topological polar surface area (TPSA) is 118 Å². The van der Waals surface area contributed by atoms with Crippen LogP contribution in [0.4, 0.5) is 11.4 Å². The Balaban J connectivity index is 2.21. The summed E-state index contributed by atoms with van der Waals surface area (Å²) in [5.41, 5.74) is 11.8. The van der Waals surface area contributed by atoms with Gasteiger partial charge in [-0.25, -0.2) is 0 Å². The van der Waals surface area contributed by atoms with E-state index in [1.807, 2.05) is 0 Å². The molecule has 0 bridgehead atoms. The van der Waals surface area contributed by atoms with Gasteiger partial charge in [0.25, 0.3) is 5.91 Å². The third kappa shape index (κ3) is 2.86. The van der Waals surface area contributed by atoms with Gasteiger partial charge < -0.3 is 21.9 Å². The van der Waals surface area contributed by atoms with Gasteiger partial charge in [0.2, 0.25) is 5.91 Å². The van der Waals surface area contributed by atoms with Crippen LogP contribution < -0.4 is 16.8 Å². The smallest absolute Gasteiger partial charge is 0.255 e. The van der Waals surface area contributed by atoms with Gasteiger partial charge in [0.15, 0.2) is 0 Å². The number of carbonyl (C=O) groups is 2. The lowest BCUT2D eigenvalue weighted by molar-refractivity contribution is 0.0996. The zero-order valence-corrected chi connectivity index (χ0v) is 10.5. The van der Waals surface area contributed by atoms with Gasteiger partial charge >= 0.3 is 0 Å². The molecule has 2 rings (SSSR count). The summed E-state index contributed by atoms with van der Waals surface area (Å²) in [7, 11) is 0. The quantitative estimate of drug-likeness (QED) is 0.497. The molecule has 0 aliphatic carbocycles. The summed E-state index contributed by atoms with van der Waals surface area (Å²) in [5.74, 6) is -1.17. The highest BCUT2D eigenvalue weighted by Gasteiger charge is 2.09. The second-order valence-corrected chi connectivity index (χ2v) is 4.17. The number of rotatable bonds is 3. The standard InChI is InChI=1S/C14H13N3O3/c15-11-5-4-9(7-12(11)18)14(20)17-10-3-1-2-8(6-10)13(16)19/h1-7,18H,15H2,(H2,16,19)(H,17,20). The summed E-state index contributed by atoms with van der Waals surface area (Å²) < 4.78 is 0. The van der Waals surface area contributed by atoms with Gasteiger partial charge in [0, 0.05) is 16.8 Å². The van der Waals surface area contributed by atoms with Crippen LogP contribution in [0, 0.1) is 0 Å². The maximum Gasteiger partial charge on any atom is 0.255 e. The minimum Gasteiger partial charge on any atom is -0.506 e. The summed E-state index contributed by atoms with van der Waals surface area (Å²) in [6.07, 6.45) is 0. The second-order valence-electron chi connectivity index (χ2n) is 4.17. The van der Waals surface area contributed by atoms with Crippen molar-refractivity contribution in [2.45, 2.75) is 0 Å². The van der Waals surface area contributed by atoms with E-state index in [9.17, 15) is 14.7 Å². The number of aromatic hydroxyl groups is 1. The molecule has 2 aromatic carbocycles. The van der Waals surface area contributed by atoms with E-state index in [1.54, 1.807) is 18.2 Å². The molecular formula is C14H13N3O3. The van der Waals surface area contributed by atoms with Crippen molar-refractivity contribution >= 4 is 23.2 Å². The monoisotopic (exact) mass is 271 g/mol. The highest BCUT2D eigenvalue weighted by Crippen LogP contribution is 2.21. The van der Waals surface area contributed by atoms with Crippen LogP contribution in [0.25, 0.3) is 0 Å². The fourth-order valence-corrected chi connectivity index (χ4v) is 1.64. The van der Waals surface area contributed by atoms with Gasteiger partial charge in [-0.1, -0.05) is 6.07 Å². The molecule has 20 heavy (non-hydrogen) atoms. The zero-order valence-electron chi connectivity index (χ0n) is 10.5. The van der Waals surface area contributed by atoms with Crippen LogP contribution in [0.1, 0.15) is 20.7 Å². The molecule has 0 radical (unpaired) electrons. The third-order valence-electron chi connectivity index (χ3n) is 2.70. The molecule has 2 amide bonds. The van der Waals surface area contributed by atoms with Crippen molar-refractivity contribution in [3.8, 4) is 5.75 Å². The molecule has 0 saturated heterocycles. The van der Waals surface area contributed by atoms with E-state index in [2.05, 4.69) is 5.32 Å². The number of nitrogens with one attached hydrogen (secondary N) is 1. The van der Waals surface area contributed by atoms with Crippen LogP contribution in [0.5, 0.6) is 5.75 Å². The number of anilines is 2. The molecule has 0 aliphatic heterocycles. The molecule has 0 aromatic heterocycles. The first-order chi connectivity index (χ1) is 9.47. The van der Waals surface area contributed by atoms with Crippen molar-refractivity contribution in [1.29, 1.82) is 0 Å². The number of nitrogens with two attached hydrogens (primary N) is 2. The first-order valence-corrected chi connectivity index (χ1v) is 5.77. The fourth-order valence-electron chi connectivity index (χ4n) is 1.64. The molecule has 6 heteroatoms. The molecule has 0 saturated carbocycles. The highest BCUT2D eigenvalue weighted by molar-refractivity contribution is 6.05. The molecule has 102 valence electrons. The van der Waals surface area contributed by atoms with Crippen molar-refractivity contribution in [3.63, 3.8) is 0 Å². The van der Waals surface area contributed by atoms with Gasteiger partial charge in [-0.3, -0.25) is 9.59 Å². The van der Waals surface area contributed by atoms with E-state index >= 15 is 0 Å². The Kier molecular flexibility index (Phi) is 3.56. The van der Waals surface area contributed by atoms with Crippen molar-refractivity contribution < 1.29 is 14.7 Å². The molecular weight excluding hydrogens is 258 g/mol. The van der Waals surface area contributed by atoms with E-state index in [0.717, 1.165) is 0 Å². The summed E-state index contributed by atoms with van der Waals surface area (Å²) in [6, 6.07) is 10.4. The lowest BCUT2D eigenvalue weighted by Crippen LogP contribution is -2.14. The predicted octanol–water partition coefficient (Wildman–Crippen LogP) is 1.33. The molecule has 0 fully saturated rings. The Morgan fingerprint density at radius 1 is 1.05 bits per heavy atom. The maximum absolute atomic E-state index is 12.0. The van der Waals surface area contributed by atoms with E-state index in [-0.39, 0.29) is 17.0 Å².